The predicted molar refractivity (Wildman–Crippen MR) is 87.0 cm³/mol. The Morgan fingerprint density at radius 2 is 2.14 bits per heavy atom. The number of thioether (sulfide) groups is 1. The lowest BCUT2D eigenvalue weighted by molar-refractivity contribution is 0.287. The number of aliphatic hydroxyl groups excluding tert-OH is 1. The summed E-state index contributed by atoms with van der Waals surface area (Å²) >= 11 is 1.60. The monoisotopic (exact) mass is 322 g/mol. The van der Waals surface area contributed by atoms with Crippen LogP contribution in [0.4, 0.5) is 10.1 Å². The lowest BCUT2D eigenvalue weighted by Gasteiger charge is -2.15. The number of aliphatic hydroxyl groups is 1. The second-order valence-corrected chi connectivity index (χ2v) is 5.73. The molecule has 1 aromatic heterocycles. The van der Waals surface area contributed by atoms with E-state index in [2.05, 4.69) is 4.98 Å². The highest BCUT2D eigenvalue weighted by molar-refractivity contribution is 7.98. The van der Waals surface area contributed by atoms with Crippen molar-refractivity contribution in [3.8, 4) is 11.6 Å². The first kappa shape index (κ1) is 16.6. The summed E-state index contributed by atoms with van der Waals surface area (Å²) < 4.78 is 19.1. The molecule has 0 bridgehead atoms. The number of hydrogen-bond acceptors (Lipinski definition) is 5. The Bertz CT molecular complexity index is 645. The third-order valence-electron chi connectivity index (χ3n) is 3.29. The molecule has 22 heavy (non-hydrogen) atoms. The molecule has 1 aromatic carbocycles. The van der Waals surface area contributed by atoms with Gasteiger partial charge in [0.05, 0.1) is 0 Å². The van der Waals surface area contributed by atoms with Crippen molar-refractivity contribution in [2.24, 2.45) is 0 Å². The van der Waals surface area contributed by atoms with Gasteiger partial charge in [-0.15, -0.1) is 11.8 Å². The minimum absolute atomic E-state index is 0.0925. The number of pyridine rings is 1. The molecule has 0 aliphatic carbocycles. The van der Waals surface area contributed by atoms with Crippen LogP contribution in [-0.4, -0.2) is 23.0 Å². The van der Waals surface area contributed by atoms with Crippen molar-refractivity contribution >= 4 is 17.4 Å². The first-order chi connectivity index (χ1) is 10.5. The molecule has 4 nitrogen and oxygen atoms in total. The van der Waals surface area contributed by atoms with Gasteiger partial charge in [0.25, 0.3) is 0 Å². The maximum absolute atomic E-state index is 13.4. The maximum Gasteiger partial charge on any atom is 0.222 e. The number of ether oxygens (including phenoxy) is 1. The van der Waals surface area contributed by atoms with Crippen molar-refractivity contribution in [2.45, 2.75) is 24.7 Å². The van der Waals surface area contributed by atoms with Crippen LogP contribution in [0.25, 0.3) is 0 Å². The van der Waals surface area contributed by atoms with Gasteiger partial charge in [-0.05, 0) is 37.7 Å². The van der Waals surface area contributed by atoms with Gasteiger partial charge < -0.3 is 15.6 Å². The van der Waals surface area contributed by atoms with E-state index in [1.165, 1.54) is 12.1 Å². The van der Waals surface area contributed by atoms with Crippen LogP contribution in [0.2, 0.25) is 0 Å². The quantitative estimate of drug-likeness (QED) is 0.629. The van der Waals surface area contributed by atoms with Gasteiger partial charge in [-0.3, -0.25) is 0 Å². The first-order valence-electron chi connectivity index (χ1n) is 6.92. The molecule has 0 saturated heterocycles. The van der Waals surface area contributed by atoms with Crippen LogP contribution < -0.4 is 10.5 Å². The minimum atomic E-state index is -0.454. The molecule has 0 amide bonds. The topological polar surface area (TPSA) is 68.4 Å². The van der Waals surface area contributed by atoms with Crippen LogP contribution in [0.15, 0.2) is 29.3 Å². The fourth-order valence-corrected chi connectivity index (χ4v) is 2.79. The van der Waals surface area contributed by atoms with Gasteiger partial charge in [-0.1, -0.05) is 0 Å². The average Bonchev–Trinajstić information content (AvgIpc) is 2.46. The number of anilines is 1. The van der Waals surface area contributed by atoms with Crippen molar-refractivity contribution in [2.75, 3.05) is 18.6 Å². The van der Waals surface area contributed by atoms with Gasteiger partial charge in [0, 0.05) is 41.1 Å². The zero-order valence-corrected chi connectivity index (χ0v) is 13.4. The summed E-state index contributed by atoms with van der Waals surface area (Å²) in [5.74, 6) is 0.282. The second kappa shape index (κ2) is 7.47. The Kier molecular flexibility index (Phi) is 5.63. The molecule has 2 rings (SSSR count). The number of nitrogens with zero attached hydrogens (tertiary/aromatic N) is 1. The van der Waals surface area contributed by atoms with E-state index in [9.17, 15) is 4.39 Å². The Labute approximate surface area is 133 Å². The van der Waals surface area contributed by atoms with Crippen LogP contribution in [0.3, 0.4) is 0 Å². The van der Waals surface area contributed by atoms with Crippen molar-refractivity contribution < 1.29 is 14.2 Å². The number of aromatic nitrogens is 1. The third-order valence-corrected chi connectivity index (χ3v) is 4.14. The molecule has 0 saturated carbocycles. The van der Waals surface area contributed by atoms with E-state index in [1.807, 2.05) is 13.2 Å². The number of rotatable bonds is 6. The van der Waals surface area contributed by atoms with Crippen LogP contribution in [0, 0.1) is 12.7 Å². The van der Waals surface area contributed by atoms with E-state index in [0.29, 0.717) is 30.2 Å². The van der Waals surface area contributed by atoms with Crippen molar-refractivity contribution in [1.29, 1.82) is 0 Å². The Hall–Kier alpha value is -1.79. The van der Waals surface area contributed by atoms with Crippen molar-refractivity contribution in [1.82, 2.24) is 4.98 Å². The SMILES string of the molecule is CSc1cnc(Oc2cc(N)cc(F)c2)c(CCCO)c1C. The number of benzene rings is 1. The van der Waals surface area contributed by atoms with E-state index in [1.54, 1.807) is 24.0 Å². The summed E-state index contributed by atoms with van der Waals surface area (Å²) in [4.78, 5) is 5.38. The van der Waals surface area contributed by atoms with Gasteiger partial charge in [0.15, 0.2) is 0 Å². The van der Waals surface area contributed by atoms with Gasteiger partial charge in [0.1, 0.15) is 11.6 Å². The van der Waals surface area contributed by atoms with Crippen LogP contribution in [-0.2, 0) is 6.42 Å². The van der Waals surface area contributed by atoms with E-state index in [-0.39, 0.29) is 6.61 Å². The summed E-state index contributed by atoms with van der Waals surface area (Å²) in [7, 11) is 0. The highest BCUT2D eigenvalue weighted by Gasteiger charge is 2.14. The summed E-state index contributed by atoms with van der Waals surface area (Å²) in [5.41, 5.74) is 7.91. The van der Waals surface area contributed by atoms with E-state index < -0.39 is 5.82 Å². The van der Waals surface area contributed by atoms with E-state index in [4.69, 9.17) is 15.6 Å². The second-order valence-electron chi connectivity index (χ2n) is 4.88. The lowest BCUT2D eigenvalue weighted by atomic mass is 10.1. The number of nitrogens with two attached hydrogens (primary N) is 1. The summed E-state index contributed by atoms with van der Waals surface area (Å²) in [6, 6.07) is 4.05. The highest BCUT2D eigenvalue weighted by Crippen LogP contribution is 2.32. The first-order valence-corrected chi connectivity index (χ1v) is 8.15. The molecule has 118 valence electrons. The largest absolute Gasteiger partial charge is 0.439 e. The molecule has 0 aliphatic heterocycles. The van der Waals surface area contributed by atoms with Crippen molar-refractivity contribution in [3.63, 3.8) is 0 Å². The molecule has 0 radical (unpaired) electrons. The molecule has 6 heteroatoms. The van der Waals surface area contributed by atoms with Crippen molar-refractivity contribution in [3.05, 3.63) is 41.3 Å². The van der Waals surface area contributed by atoms with Gasteiger partial charge in [-0.2, -0.15) is 0 Å². The van der Waals surface area contributed by atoms with E-state index >= 15 is 0 Å². The zero-order chi connectivity index (χ0) is 16.1. The lowest BCUT2D eigenvalue weighted by Crippen LogP contribution is -2.01. The molecule has 1 heterocycles. The normalized spacial score (nSPS) is 10.7. The predicted octanol–water partition coefficient (Wildman–Crippen LogP) is 3.55. The summed E-state index contributed by atoms with van der Waals surface area (Å²) in [5, 5.41) is 9.07. The standard InChI is InChI=1S/C16H19FN2O2S/c1-10-14(4-3-5-20)16(19-9-15(10)22-2)21-13-7-11(17)6-12(18)8-13/h6-9,20H,3-5,18H2,1-2H3. The third kappa shape index (κ3) is 3.90. The maximum atomic E-state index is 13.4. The van der Waals surface area contributed by atoms with Crippen LogP contribution >= 0.6 is 11.8 Å². The zero-order valence-electron chi connectivity index (χ0n) is 12.6. The van der Waals surface area contributed by atoms with Crippen LogP contribution in [0.5, 0.6) is 11.6 Å². The molecule has 0 aliphatic rings. The summed E-state index contributed by atoms with van der Waals surface area (Å²) in [6.45, 7) is 2.09. The average molecular weight is 322 g/mol. The molecular weight excluding hydrogens is 303 g/mol. The minimum Gasteiger partial charge on any atom is -0.439 e. The van der Waals surface area contributed by atoms with Gasteiger partial charge in [-0.25, -0.2) is 9.37 Å². The fraction of sp³-hybridized carbons (Fsp3) is 0.312. The van der Waals surface area contributed by atoms with Gasteiger partial charge in [0.2, 0.25) is 5.88 Å². The molecule has 0 atom stereocenters. The highest BCUT2D eigenvalue weighted by atomic mass is 32.2. The number of hydrogen-bond donors (Lipinski definition) is 2. The molecular formula is C16H19FN2O2S. The van der Waals surface area contributed by atoms with E-state index in [0.717, 1.165) is 16.0 Å². The molecule has 0 spiro atoms. The van der Waals surface area contributed by atoms with Crippen LogP contribution in [0.1, 0.15) is 17.5 Å². The molecule has 0 unspecified atom stereocenters. The Balaban J connectivity index is 2.38. The Morgan fingerprint density at radius 1 is 1.36 bits per heavy atom. The fourth-order valence-electron chi connectivity index (χ4n) is 2.20. The smallest absolute Gasteiger partial charge is 0.222 e. The molecule has 3 N–H and O–H groups in total. The number of halogens is 1. The Morgan fingerprint density at radius 3 is 2.77 bits per heavy atom. The molecule has 0 fully saturated rings. The summed E-state index contributed by atoms with van der Waals surface area (Å²) in [6.07, 6.45) is 4.97. The molecule has 2 aromatic rings. The number of nitrogen functional groups attached to an aromatic ring is 1. The van der Waals surface area contributed by atoms with Gasteiger partial charge >= 0.3 is 0 Å².